The highest BCUT2D eigenvalue weighted by Crippen LogP contribution is 2.46. The van der Waals surface area contributed by atoms with Crippen LogP contribution in [0.1, 0.15) is 59.4 Å². The van der Waals surface area contributed by atoms with E-state index in [1.807, 2.05) is 6.92 Å². The fourth-order valence-corrected chi connectivity index (χ4v) is 4.05. The largest absolute Gasteiger partial charge is 0.443 e. The Hall–Kier alpha value is -2.15. The van der Waals surface area contributed by atoms with Gasteiger partial charge in [0.05, 0.1) is 11.4 Å². The Labute approximate surface area is 166 Å². The van der Waals surface area contributed by atoms with Crippen molar-refractivity contribution in [2.24, 2.45) is 0 Å². The molecule has 1 fully saturated rings. The molecule has 7 heteroatoms. The minimum absolute atomic E-state index is 0.184. The third-order valence-electron chi connectivity index (χ3n) is 5.50. The molecule has 0 radical (unpaired) electrons. The number of likely N-dealkylation sites (tertiary alicyclic amines) is 1. The van der Waals surface area contributed by atoms with E-state index in [1.165, 1.54) is 17.0 Å². The van der Waals surface area contributed by atoms with Crippen LogP contribution >= 0.6 is 0 Å². The molecule has 1 saturated heterocycles. The summed E-state index contributed by atoms with van der Waals surface area (Å²) in [6.07, 6.45) is 2.60. The third kappa shape index (κ3) is 3.60. The second kappa shape index (κ2) is 7.35. The average Bonchev–Trinajstić information content (AvgIpc) is 2.87. The van der Waals surface area contributed by atoms with Crippen molar-refractivity contribution in [2.75, 3.05) is 29.9 Å². The summed E-state index contributed by atoms with van der Waals surface area (Å²) in [5.74, 6) is -0.660. The van der Waals surface area contributed by atoms with Crippen molar-refractivity contribution in [2.45, 2.75) is 65.0 Å². The molecule has 0 bridgehead atoms. The molecule has 1 aromatic rings. The number of carbonyl (C=O) groups is 2. The van der Waals surface area contributed by atoms with Crippen LogP contribution in [-0.4, -0.2) is 42.1 Å². The molecule has 1 atom stereocenters. The lowest BCUT2D eigenvalue weighted by Crippen LogP contribution is -2.50. The van der Waals surface area contributed by atoms with E-state index in [9.17, 15) is 14.0 Å². The second-order valence-electron chi connectivity index (χ2n) is 8.65. The Morgan fingerprint density at radius 1 is 1.29 bits per heavy atom. The first-order chi connectivity index (χ1) is 13.1. The van der Waals surface area contributed by atoms with Gasteiger partial charge in [0.1, 0.15) is 17.0 Å². The minimum Gasteiger partial charge on any atom is -0.443 e. The van der Waals surface area contributed by atoms with E-state index in [-0.39, 0.29) is 5.91 Å². The van der Waals surface area contributed by atoms with Crippen LogP contribution in [-0.2, 0) is 15.1 Å². The van der Waals surface area contributed by atoms with Crippen molar-refractivity contribution in [3.8, 4) is 0 Å². The van der Waals surface area contributed by atoms with Crippen LogP contribution in [0.5, 0.6) is 0 Å². The number of ether oxygens (including phenoxy) is 1. The lowest BCUT2D eigenvalue weighted by molar-refractivity contribution is -0.127. The van der Waals surface area contributed by atoms with Gasteiger partial charge in [-0.2, -0.15) is 0 Å². The summed E-state index contributed by atoms with van der Waals surface area (Å²) in [5, 5.41) is 2.92. The highest BCUT2D eigenvalue weighted by Gasteiger charge is 2.49. The predicted molar refractivity (Wildman–Crippen MR) is 107 cm³/mol. The quantitative estimate of drug-likeness (QED) is 0.837. The zero-order valence-corrected chi connectivity index (χ0v) is 17.4. The number of carbonyl (C=O) groups excluding carboxylic acids is 2. The highest BCUT2D eigenvalue weighted by molar-refractivity contribution is 6.10. The van der Waals surface area contributed by atoms with Crippen LogP contribution in [0.3, 0.4) is 0 Å². The average molecular weight is 391 g/mol. The van der Waals surface area contributed by atoms with Gasteiger partial charge in [0, 0.05) is 12.1 Å². The number of hydrogen-bond donors (Lipinski definition) is 1. The van der Waals surface area contributed by atoms with Crippen LogP contribution in [0.25, 0.3) is 0 Å². The van der Waals surface area contributed by atoms with Crippen LogP contribution in [0.15, 0.2) is 12.1 Å². The molecule has 1 N–H and O–H groups in total. The van der Waals surface area contributed by atoms with Crippen LogP contribution in [0.2, 0.25) is 0 Å². The van der Waals surface area contributed by atoms with E-state index in [0.29, 0.717) is 23.5 Å². The molecule has 1 aromatic carbocycles. The number of anilines is 2. The van der Waals surface area contributed by atoms with Crippen molar-refractivity contribution >= 4 is 23.4 Å². The number of fused-ring (bicyclic) bond motifs is 1. The fraction of sp³-hybridized carbons (Fsp3) is 0.619. The standard InChI is InChI=1S/C21H30FN3O3/c1-6-25(19(27)28-20(2,3)4)16-13-14(22)12-15-17(16)23-18(26)21(15,5)24-10-8-7-9-11-24/h12-13H,6-11H2,1-5H3,(H,23,26). The Morgan fingerprint density at radius 3 is 2.50 bits per heavy atom. The summed E-state index contributed by atoms with van der Waals surface area (Å²) in [6, 6.07) is 2.70. The van der Waals surface area contributed by atoms with Gasteiger partial charge >= 0.3 is 6.09 Å². The fourth-order valence-electron chi connectivity index (χ4n) is 4.05. The lowest BCUT2D eigenvalue weighted by Gasteiger charge is -2.39. The molecule has 0 spiro atoms. The molecule has 2 amide bonds. The van der Waals surface area contributed by atoms with Crippen molar-refractivity contribution in [1.82, 2.24) is 4.90 Å². The predicted octanol–water partition coefficient (Wildman–Crippen LogP) is 4.24. The zero-order chi connectivity index (χ0) is 20.7. The van der Waals surface area contributed by atoms with Crippen LogP contribution < -0.4 is 10.2 Å². The van der Waals surface area contributed by atoms with Gasteiger partial charge in [0.2, 0.25) is 5.91 Å². The van der Waals surface area contributed by atoms with Gasteiger partial charge in [-0.15, -0.1) is 0 Å². The number of halogens is 1. The van der Waals surface area contributed by atoms with E-state index in [1.54, 1.807) is 27.7 Å². The molecule has 2 aliphatic rings. The smallest absolute Gasteiger partial charge is 0.414 e. The molecule has 0 aromatic heterocycles. The molecule has 2 aliphatic heterocycles. The number of amides is 2. The first-order valence-electron chi connectivity index (χ1n) is 9.99. The zero-order valence-electron chi connectivity index (χ0n) is 17.4. The minimum atomic E-state index is -0.944. The van der Waals surface area contributed by atoms with Gasteiger partial charge in [0.25, 0.3) is 0 Å². The van der Waals surface area contributed by atoms with E-state index < -0.39 is 23.1 Å². The molecule has 154 valence electrons. The van der Waals surface area contributed by atoms with Gasteiger partial charge in [-0.3, -0.25) is 14.6 Å². The Balaban J connectivity index is 2.06. The number of rotatable bonds is 3. The molecule has 6 nitrogen and oxygen atoms in total. The maximum Gasteiger partial charge on any atom is 0.414 e. The molecule has 1 unspecified atom stereocenters. The molecule has 3 rings (SSSR count). The van der Waals surface area contributed by atoms with Gasteiger partial charge in [-0.1, -0.05) is 6.42 Å². The molecule has 2 heterocycles. The third-order valence-corrected chi connectivity index (χ3v) is 5.50. The lowest BCUT2D eigenvalue weighted by atomic mass is 9.89. The summed E-state index contributed by atoms with van der Waals surface area (Å²) >= 11 is 0. The summed E-state index contributed by atoms with van der Waals surface area (Å²) < 4.78 is 20.1. The van der Waals surface area contributed by atoms with Gasteiger partial charge < -0.3 is 10.1 Å². The van der Waals surface area contributed by atoms with Crippen LogP contribution in [0, 0.1) is 5.82 Å². The topological polar surface area (TPSA) is 61.9 Å². The van der Waals surface area contributed by atoms with Crippen molar-refractivity contribution in [3.63, 3.8) is 0 Å². The van der Waals surface area contributed by atoms with E-state index in [2.05, 4.69) is 10.2 Å². The number of nitrogens with zero attached hydrogens (tertiary/aromatic N) is 2. The van der Waals surface area contributed by atoms with Gasteiger partial charge in [-0.25, -0.2) is 9.18 Å². The van der Waals surface area contributed by atoms with Crippen molar-refractivity contribution < 1.29 is 18.7 Å². The number of nitrogens with one attached hydrogen (secondary N) is 1. The molecule has 28 heavy (non-hydrogen) atoms. The SMILES string of the molecule is CCN(C(=O)OC(C)(C)C)c1cc(F)cc2c1NC(=O)C2(C)N1CCCCC1. The normalized spacial score (nSPS) is 22.6. The summed E-state index contributed by atoms with van der Waals surface area (Å²) in [4.78, 5) is 29.2. The summed E-state index contributed by atoms with van der Waals surface area (Å²) in [7, 11) is 0. The molecule has 0 aliphatic carbocycles. The molecular formula is C21H30FN3O3. The first kappa shape index (κ1) is 20.6. The van der Waals surface area contributed by atoms with Crippen molar-refractivity contribution in [1.29, 1.82) is 0 Å². The van der Waals surface area contributed by atoms with Gasteiger partial charge in [-0.05, 0) is 72.7 Å². The second-order valence-corrected chi connectivity index (χ2v) is 8.65. The summed E-state index contributed by atoms with van der Waals surface area (Å²) in [5.41, 5.74) is -0.212. The van der Waals surface area contributed by atoms with E-state index in [4.69, 9.17) is 4.74 Å². The number of hydrogen-bond acceptors (Lipinski definition) is 4. The molecule has 0 saturated carbocycles. The Bertz CT molecular complexity index is 784. The van der Waals surface area contributed by atoms with Crippen LogP contribution in [0.4, 0.5) is 20.6 Å². The summed E-state index contributed by atoms with van der Waals surface area (Å²) in [6.45, 7) is 10.9. The number of benzene rings is 1. The molecular weight excluding hydrogens is 361 g/mol. The van der Waals surface area contributed by atoms with Gasteiger partial charge in [0.15, 0.2) is 0 Å². The monoisotopic (exact) mass is 391 g/mol. The maximum absolute atomic E-state index is 14.6. The Morgan fingerprint density at radius 2 is 1.93 bits per heavy atom. The highest BCUT2D eigenvalue weighted by atomic mass is 19.1. The maximum atomic E-state index is 14.6. The van der Waals surface area contributed by atoms with E-state index in [0.717, 1.165) is 32.4 Å². The van der Waals surface area contributed by atoms with E-state index >= 15 is 0 Å². The Kier molecular flexibility index (Phi) is 5.40. The first-order valence-corrected chi connectivity index (χ1v) is 9.99. The van der Waals surface area contributed by atoms with Crippen molar-refractivity contribution in [3.05, 3.63) is 23.5 Å². The number of piperidine rings is 1.